The van der Waals surface area contributed by atoms with Gasteiger partial charge in [0.1, 0.15) is 17.4 Å². The molecule has 0 N–H and O–H groups in total. The zero-order valence-corrected chi connectivity index (χ0v) is 19.7. The number of rotatable bonds is 3. The summed E-state index contributed by atoms with van der Waals surface area (Å²) in [5, 5.41) is 0. The van der Waals surface area contributed by atoms with Gasteiger partial charge in [-0.15, -0.1) is 0 Å². The van der Waals surface area contributed by atoms with Gasteiger partial charge in [-0.2, -0.15) is 0 Å². The monoisotopic (exact) mass is 480 g/mol. The number of carbonyl (C=O) groups is 1. The maximum Gasteiger partial charge on any atom is 0.271 e. The van der Waals surface area contributed by atoms with Gasteiger partial charge in [-0.3, -0.25) is 14.2 Å². The number of thiazole rings is 1. The molecule has 1 aromatic heterocycles. The summed E-state index contributed by atoms with van der Waals surface area (Å²) in [6, 6.07) is 9.83. The summed E-state index contributed by atoms with van der Waals surface area (Å²) in [7, 11) is 1.57. The average Bonchev–Trinajstić information content (AvgIpc) is 3.08. The highest BCUT2D eigenvalue weighted by Crippen LogP contribution is 2.43. The van der Waals surface area contributed by atoms with Crippen LogP contribution in [0.3, 0.4) is 0 Å². The van der Waals surface area contributed by atoms with Crippen LogP contribution in [-0.4, -0.2) is 17.5 Å². The molecule has 8 heteroatoms. The zero-order chi connectivity index (χ0) is 24.2. The molecule has 0 saturated heterocycles. The van der Waals surface area contributed by atoms with Crippen LogP contribution in [0.4, 0.5) is 8.78 Å². The van der Waals surface area contributed by atoms with Crippen LogP contribution in [0.1, 0.15) is 43.9 Å². The Balaban J connectivity index is 1.76. The van der Waals surface area contributed by atoms with E-state index in [0.717, 1.165) is 29.0 Å². The normalized spacial score (nSPS) is 19.5. The number of aromatic nitrogens is 1. The SMILES string of the molecule is COc1ccc(C2C3=C(CC(C)(C)CC3=O)N=c3sc(=Cc4ccc(F)cc4F)c(=O)n32)cc1. The second-order valence-electron chi connectivity index (χ2n) is 9.32. The topological polar surface area (TPSA) is 60.7 Å². The predicted octanol–water partition coefficient (Wildman–Crippen LogP) is 3.89. The molecule has 1 aliphatic heterocycles. The standard InChI is InChI=1S/C26H22F2N2O3S/c1-26(2)12-19-22(20(31)13-26)23(14-5-8-17(33-3)9-6-14)30-24(32)21(34-25(30)29-19)10-15-4-7-16(27)11-18(15)28/h4-11,23H,12-13H2,1-3H3. The smallest absolute Gasteiger partial charge is 0.271 e. The molecule has 2 aromatic carbocycles. The van der Waals surface area contributed by atoms with Crippen LogP contribution in [0.25, 0.3) is 6.08 Å². The van der Waals surface area contributed by atoms with Crippen molar-refractivity contribution in [1.82, 2.24) is 4.57 Å². The molecule has 2 aliphatic rings. The van der Waals surface area contributed by atoms with Crippen LogP contribution >= 0.6 is 11.3 Å². The number of ether oxygens (including phenoxy) is 1. The van der Waals surface area contributed by atoms with Crippen LogP contribution in [0.5, 0.6) is 5.75 Å². The first-order chi connectivity index (χ1) is 16.2. The van der Waals surface area contributed by atoms with Crippen LogP contribution in [0.2, 0.25) is 0 Å². The fraction of sp³-hybridized carbons (Fsp3) is 0.269. The molecule has 1 aliphatic carbocycles. The Morgan fingerprint density at radius 3 is 2.53 bits per heavy atom. The first-order valence-electron chi connectivity index (χ1n) is 10.8. The molecule has 1 unspecified atom stereocenters. The van der Waals surface area contributed by atoms with E-state index in [1.54, 1.807) is 19.2 Å². The Bertz CT molecular complexity index is 1530. The number of hydrogen-bond donors (Lipinski definition) is 0. The fourth-order valence-corrected chi connectivity index (χ4v) is 5.62. The predicted molar refractivity (Wildman–Crippen MR) is 125 cm³/mol. The molecule has 0 bridgehead atoms. The molecule has 174 valence electrons. The minimum absolute atomic E-state index is 0.0327. The maximum absolute atomic E-state index is 14.3. The van der Waals surface area contributed by atoms with Gasteiger partial charge in [0, 0.05) is 23.6 Å². The molecule has 0 radical (unpaired) electrons. The van der Waals surface area contributed by atoms with Gasteiger partial charge in [-0.05, 0) is 47.7 Å². The highest BCUT2D eigenvalue weighted by molar-refractivity contribution is 7.07. The summed E-state index contributed by atoms with van der Waals surface area (Å²) in [4.78, 5) is 32.0. The van der Waals surface area contributed by atoms with E-state index < -0.39 is 17.7 Å². The van der Waals surface area contributed by atoms with E-state index >= 15 is 0 Å². The van der Waals surface area contributed by atoms with E-state index in [-0.39, 0.29) is 26.9 Å². The Kier molecular flexibility index (Phi) is 5.36. The number of hydrogen-bond acceptors (Lipinski definition) is 5. The highest BCUT2D eigenvalue weighted by atomic mass is 32.1. The first-order valence-corrected chi connectivity index (χ1v) is 11.7. The summed E-state index contributed by atoms with van der Waals surface area (Å²) in [6.45, 7) is 4.05. The summed E-state index contributed by atoms with van der Waals surface area (Å²) >= 11 is 1.13. The fourth-order valence-electron chi connectivity index (χ4n) is 4.61. The lowest BCUT2D eigenvalue weighted by molar-refractivity contribution is -0.118. The van der Waals surface area contributed by atoms with Crippen molar-refractivity contribution in [3.05, 3.63) is 96.2 Å². The number of nitrogens with zero attached hydrogens (tertiary/aromatic N) is 2. The molecule has 5 rings (SSSR count). The number of Topliss-reactive ketones (excluding diaryl/α,β-unsaturated/α-hetero) is 1. The van der Waals surface area contributed by atoms with Gasteiger partial charge in [-0.25, -0.2) is 13.8 Å². The summed E-state index contributed by atoms with van der Waals surface area (Å²) in [5.74, 6) is -0.818. The van der Waals surface area contributed by atoms with Crippen molar-refractivity contribution in [2.24, 2.45) is 10.4 Å². The van der Waals surface area contributed by atoms with Gasteiger partial charge in [0.05, 0.1) is 23.4 Å². The summed E-state index contributed by atoms with van der Waals surface area (Å²) < 4.78 is 34.6. The molecule has 0 fully saturated rings. The Labute approximate surface area is 198 Å². The molecular formula is C26H22F2N2O3S. The van der Waals surface area contributed by atoms with Gasteiger partial charge in [-0.1, -0.05) is 37.3 Å². The number of ketones is 1. The van der Waals surface area contributed by atoms with Crippen molar-refractivity contribution in [2.45, 2.75) is 32.7 Å². The Morgan fingerprint density at radius 2 is 1.85 bits per heavy atom. The van der Waals surface area contributed by atoms with Gasteiger partial charge in [0.2, 0.25) is 0 Å². The van der Waals surface area contributed by atoms with Crippen LogP contribution in [0, 0.1) is 17.0 Å². The first kappa shape index (κ1) is 22.4. The largest absolute Gasteiger partial charge is 0.497 e. The molecule has 3 aromatic rings. The number of halogens is 2. The molecular weight excluding hydrogens is 458 g/mol. The summed E-state index contributed by atoms with van der Waals surface area (Å²) in [5.41, 5.74) is 1.46. The molecule has 0 spiro atoms. The zero-order valence-electron chi connectivity index (χ0n) is 18.9. The van der Waals surface area contributed by atoms with E-state index in [9.17, 15) is 18.4 Å². The minimum atomic E-state index is -0.756. The lowest BCUT2D eigenvalue weighted by Gasteiger charge is -2.35. The second kappa shape index (κ2) is 8.13. The van der Waals surface area contributed by atoms with Crippen LogP contribution in [0.15, 0.2) is 63.5 Å². The van der Waals surface area contributed by atoms with E-state index in [1.165, 1.54) is 16.7 Å². The highest BCUT2D eigenvalue weighted by Gasteiger charge is 2.40. The summed E-state index contributed by atoms with van der Waals surface area (Å²) in [6.07, 6.45) is 2.37. The lowest BCUT2D eigenvalue weighted by atomic mass is 9.73. The van der Waals surface area contributed by atoms with Crippen molar-refractivity contribution in [1.29, 1.82) is 0 Å². The molecule has 34 heavy (non-hydrogen) atoms. The van der Waals surface area contributed by atoms with E-state index in [1.807, 2.05) is 26.0 Å². The van der Waals surface area contributed by atoms with Crippen molar-refractivity contribution in [3.63, 3.8) is 0 Å². The van der Waals surface area contributed by atoms with Crippen LogP contribution in [-0.2, 0) is 4.79 Å². The third-order valence-corrected chi connectivity index (χ3v) is 7.16. The number of carbonyl (C=O) groups excluding carboxylic acids is 1. The second-order valence-corrected chi connectivity index (χ2v) is 10.3. The van der Waals surface area contributed by atoms with Gasteiger partial charge in [0.25, 0.3) is 5.56 Å². The molecule has 5 nitrogen and oxygen atoms in total. The maximum atomic E-state index is 14.3. The average molecular weight is 481 g/mol. The molecule has 0 saturated carbocycles. The molecule has 1 atom stereocenters. The lowest BCUT2D eigenvalue weighted by Crippen LogP contribution is -2.42. The van der Waals surface area contributed by atoms with E-state index in [2.05, 4.69) is 0 Å². The van der Waals surface area contributed by atoms with Crippen LogP contribution < -0.4 is 19.6 Å². The minimum Gasteiger partial charge on any atom is -0.497 e. The Morgan fingerprint density at radius 1 is 1.12 bits per heavy atom. The van der Waals surface area contributed by atoms with Gasteiger partial charge >= 0.3 is 0 Å². The number of benzene rings is 2. The van der Waals surface area contributed by atoms with Crippen molar-refractivity contribution in [2.75, 3.05) is 7.11 Å². The molecule has 0 amide bonds. The van der Waals surface area contributed by atoms with Crippen molar-refractivity contribution < 1.29 is 18.3 Å². The third-order valence-electron chi connectivity index (χ3n) is 6.18. The van der Waals surface area contributed by atoms with E-state index in [0.29, 0.717) is 34.7 Å². The van der Waals surface area contributed by atoms with Gasteiger partial charge < -0.3 is 4.74 Å². The quantitative estimate of drug-likeness (QED) is 0.572. The molecule has 2 heterocycles. The van der Waals surface area contributed by atoms with Crippen molar-refractivity contribution >= 4 is 23.2 Å². The Hall–Kier alpha value is -3.39. The van der Waals surface area contributed by atoms with E-state index in [4.69, 9.17) is 9.73 Å². The number of allylic oxidation sites excluding steroid dienone is 2. The number of fused-ring (bicyclic) bond motifs is 1. The van der Waals surface area contributed by atoms with Crippen molar-refractivity contribution in [3.8, 4) is 5.75 Å². The van der Waals surface area contributed by atoms with Gasteiger partial charge in [0.15, 0.2) is 10.6 Å². The third kappa shape index (κ3) is 3.81. The number of methoxy groups -OCH3 is 1.